The topological polar surface area (TPSA) is 100 Å². The quantitative estimate of drug-likeness (QED) is 0.622. The van der Waals surface area contributed by atoms with Crippen molar-refractivity contribution in [2.75, 3.05) is 7.05 Å². The normalized spacial score (nSPS) is 15.4. The Labute approximate surface area is 186 Å². The molecule has 1 fully saturated rings. The Morgan fingerprint density at radius 3 is 2.69 bits per heavy atom. The summed E-state index contributed by atoms with van der Waals surface area (Å²) >= 11 is 0. The Kier molecular flexibility index (Phi) is 6.39. The lowest BCUT2D eigenvalue weighted by atomic mass is 9.94. The molecule has 0 radical (unpaired) electrons. The Balaban J connectivity index is 1.45. The maximum Gasteiger partial charge on any atom is 0.263 e. The molecule has 8 nitrogen and oxygen atoms in total. The zero-order valence-electron chi connectivity index (χ0n) is 18.5. The fourth-order valence-corrected chi connectivity index (χ4v) is 4.28. The number of aromatic nitrogens is 3. The zero-order valence-corrected chi connectivity index (χ0v) is 18.5. The molecule has 0 bridgehead atoms. The molecule has 1 aromatic carbocycles. The number of hydrogen-bond donors (Lipinski definition) is 2. The summed E-state index contributed by atoms with van der Waals surface area (Å²) < 4.78 is 1.31. The van der Waals surface area contributed by atoms with Crippen molar-refractivity contribution in [1.82, 2.24) is 24.8 Å². The van der Waals surface area contributed by atoms with Crippen LogP contribution in [-0.2, 0) is 11.3 Å². The average molecular weight is 436 g/mol. The van der Waals surface area contributed by atoms with Gasteiger partial charge in [0.15, 0.2) is 0 Å². The molecule has 4 rings (SSSR count). The Bertz CT molecular complexity index is 1140. The average Bonchev–Trinajstić information content (AvgIpc) is 3.25. The van der Waals surface area contributed by atoms with Gasteiger partial charge in [-0.1, -0.05) is 31.4 Å². The van der Waals surface area contributed by atoms with E-state index < -0.39 is 17.5 Å². The third-order valence-corrected chi connectivity index (χ3v) is 6.25. The van der Waals surface area contributed by atoms with Gasteiger partial charge in [0.2, 0.25) is 5.91 Å². The van der Waals surface area contributed by atoms with Gasteiger partial charge in [0.25, 0.3) is 11.5 Å². The van der Waals surface area contributed by atoms with Crippen LogP contribution < -0.4 is 10.9 Å². The van der Waals surface area contributed by atoms with Crippen LogP contribution in [0.15, 0.2) is 47.4 Å². The van der Waals surface area contributed by atoms with Crippen LogP contribution in [-0.4, -0.2) is 44.3 Å². The maximum absolute atomic E-state index is 12.9. The summed E-state index contributed by atoms with van der Waals surface area (Å²) in [7, 11) is 1.80. The summed E-state index contributed by atoms with van der Waals surface area (Å²) in [5.41, 5.74) is 1.22. The van der Waals surface area contributed by atoms with Crippen LogP contribution in [0.5, 0.6) is 0 Å². The lowest BCUT2D eigenvalue weighted by Gasteiger charge is -2.31. The van der Waals surface area contributed by atoms with Gasteiger partial charge in [-0.05, 0) is 44.0 Å². The molecule has 0 unspecified atom stereocenters. The molecule has 1 aliphatic carbocycles. The minimum absolute atomic E-state index is 0.00332. The van der Waals surface area contributed by atoms with Gasteiger partial charge in [-0.25, -0.2) is 4.98 Å². The van der Waals surface area contributed by atoms with Gasteiger partial charge >= 0.3 is 0 Å². The first kappa shape index (κ1) is 21.8. The lowest BCUT2D eigenvalue weighted by Crippen LogP contribution is -2.42. The van der Waals surface area contributed by atoms with Crippen LogP contribution in [0.3, 0.4) is 0 Å². The number of pyridine rings is 1. The van der Waals surface area contributed by atoms with Crippen molar-refractivity contribution in [3.63, 3.8) is 0 Å². The summed E-state index contributed by atoms with van der Waals surface area (Å²) in [5.74, 6) is -0.00215. The Hall–Kier alpha value is -3.42. The first-order chi connectivity index (χ1) is 15.4. The van der Waals surface area contributed by atoms with Crippen molar-refractivity contribution in [3.8, 4) is 0 Å². The number of carbonyl (C=O) groups is 2. The molecule has 0 saturated heterocycles. The first-order valence-corrected chi connectivity index (χ1v) is 11.1. The Morgan fingerprint density at radius 1 is 1.19 bits per heavy atom. The highest BCUT2D eigenvalue weighted by molar-refractivity contribution is 5.94. The number of carbonyl (C=O) groups excluding carboxylic acids is 2. The zero-order chi connectivity index (χ0) is 22.7. The largest absolute Gasteiger partial charge is 0.342 e. The second kappa shape index (κ2) is 9.38. The fraction of sp³-hybridized carbons (Fsp3) is 0.417. The number of likely N-dealkylation sites (N-methyl/N-ethyl adjacent to an activating group) is 1. The highest BCUT2D eigenvalue weighted by Crippen LogP contribution is 2.21. The third kappa shape index (κ3) is 4.59. The van der Waals surface area contributed by atoms with Gasteiger partial charge in [0.05, 0.1) is 17.1 Å². The molecule has 1 aliphatic rings. The molecule has 1 atom stereocenters. The number of aromatic amines is 1. The minimum Gasteiger partial charge on any atom is -0.342 e. The molecule has 2 aromatic heterocycles. The standard InChI is InChI=1S/C24H29N5O3/c1-16(22-26-19-12-6-7-13-20(19)27-22)25-23(31)18-11-8-14-29(24(18)32)15-21(30)28(2)17-9-4-3-5-10-17/h6-8,11-14,16-17H,3-5,9-10,15H2,1-2H3,(H,25,31)(H,26,27)/t16-/m1/s1. The molecule has 2 N–H and O–H groups in total. The van der Waals surface area contributed by atoms with Gasteiger partial charge in [0.1, 0.15) is 17.9 Å². The summed E-state index contributed by atoms with van der Waals surface area (Å²) in [6.45, 7) is 1.73. The van der Waals surface area contributed by atoms with E-state index in [1.54, 1.807) is 31.1 Å². The van der Waals surface area contributed by atoms with E-state index in [0.29, 0.717) is 5.82 Å². The van der Waals surface area contributed by atoms with E-state index in [-0.39, 0.29) is 24.1 Å². The van der Waals surface area contributed by atoms with E-state index in [1.165, 1.54) is 17.1 Å². The number of H-pyrrole nitrogens is 1. The molecule has 0 spiro atoms. The monoisotopic (exact) mass is 435 g/mol. The number of nitrogens with zero attached hydrogens (tertiary/aromatic N) is 3. The predicted molar refractivity (Wildman–Crippen MR) is 122 cm³/mol. The minimum atomic E-state index is -0.495. The van der Waals surface area contributed by atoms with E-state index in [2.05, 4.69) is 15.3 Å². The van der Waals surface area contributed by atoms with Crippen molar-refractivity contribution in [1.29, 1.82) is 0 Å². The van der Waals surface area contributed by atoms with Crippen LogP contribution in [0, 0.1) is 0 Å². The van der Waals surface area contributed by atoms with E-state index in [0.717, 1.165) is 36.7 Å². The second-order valence-electron chi connectivity index (χ2n) is 8.49. The molecule has 8 heteroatoms. The number of fused-ring (bicyclic) bond motifs is 1. The highest BCUT2D eigenvalue weighted by Gasteiger charge is 2.23. The number of para-hydroxylation sites is 2. The number of amides is 2. The SMILES string of the molecule is C[C@@H](NC(=O)c1cccn(CC(=O)N(C)C2CCCCC2)c1=O)c1nc2ccccc2[nH]1. The predicted octanol–water partition coefficient (Wildman–Crippen LogP) is 3.01. The second-order valence-corrected chi connectivity index (χ2v) is 8.49. The van der Waals surface area contributed by atoms with E-state index >= 15 is 0 Å². The number of benzene rings is 1. The molecule has 2 heterocycles. The number of rotatable bonds is 6. The lowest BCUT2D eigenvalue weighted by molar-refractivity contribution is -0.133. The molecule has 2 amide bonds. The molecule has 0 aliphatic heterocycles. The molecule has 3 aromatic rings. The van der Waals surface area contributed by atoms with Gasteiger partial charge in [-0.15, -0.1) is 0 Å². The van der Waals surface area contributed by atoms with Crippen molar-refractivity contribution >= 4 is 22.8 Å². The van der Waals surface area contributed by atoms with E-state index in [9.17, 15) is 14.4 Å². The van der Waals surface area contributed by atoms with Gasteiger partial charge < -0.3 is 19.8 Å². The van der Waals surface area contributed by atoms with Crippen LogP contribution in [0.1, 0.15) is 61.3 Å². The van der Waals surface area contributed by atoms with Crippen molar-refractivity contribution < 1.29 is 9.59 Å². The summed E-state index contributed by atoms with van der Waals surface area (Å²) in [6.07, 6.45) is 7.01. The molecule has 168 valence electrons. The molecular weight excluding hydrogens is 406 g/mol. The van der Waals surface area contributed by atoms with Crippen molar-refractivity contribution in [2.45, 2.75) is 57.7 Å². The highest BCUT2D eigenvalue weighted by atomic mass is 16.2. The summed E-state index contributed by atoms with van der Waals surface area (Å²) in [6, 6.07) is 10.5. The molecule has 1 saturated carbocycles. The van der Waals surface area contributed by atoms with Crippen LogP contribution in [0.2, 0.25) is 0 Å². The number of imidazole rings is 1. The van der Waals surface area contributed by atoms with Crippen LogP contribution in [0.4, 0.5) is 0 Å². The number of hydrogen-bond acceptors (Lipinski definition) is 4. The maximum atomic E-state index is 12.9. The van der Waals surface area contributed by atoms with Crippen LogP contribution >= 0.6 is 0 Å². The molecular formula is C24H29N5O3. The van der Waals surface area contributed by atoms with Gasteiger partial charge in [0, 0.05) is 19.3 Å². The fourth-order valence-electron chi connectivity index (χ4n) is 4.28. The van der Waals surface area contributed by atoms with Gasteiger partial charge in [-0.3, -0.25) is 14.4 Å². The first-order valence-electron chi connectivity index (χ1n) is 11.1. The van der Waals surface area contributed by atoms with Crippen molar-refractivity contribution in [3.05, 3.63) is 64.3 Å². The third-order valence-electron chi connectivity index (χ3n) is 6.25. The molecule has 32 heavy (non-hydrogen) atoms. The van der Waals surface area contributed by atoms with Crippen LogP contribution in [0.25, 0.3) is 11.0 Å². The van der Waals surface area contributed by atoms with E-state index in [1.807, 2.05) is 24.3 Å². The summed E-state index contributed by atoms with van der Waals surface area (Å²) in [4.78, 5) is 47.9. The van der Waals surface area contributed by atoms with Gasteiger partial charge in [-0.2, -0.15) is 0 Å². The number of nitrogens with one attached hydrogen (secondary N) is 2. The Morgan fingerprint density at radius 2 is 1.94 bits per heavy atom. The smallest absolute Gasteiger partial charge is 0.263 e. The summed E-state index contributed by atoms with van der Waals surface area (Å²) in [5, 5.41) is 2.83. The van der Waals surface area contributed by atoms with Crippen molar-refractivity contribution in [2.24, 2.45) is 0 Å². The van der Waals surface area contributed by atoms with E-state index in [4.69, 9.17) is 0 Å².